The lowest BCUT2D eigenvalue weighted by Gasteiger charge is -2.34. The minimum Gasteiger partial charge on any atom is -0.310 e. The molecule has 0 radical (unpaired) electrons. The van der Waals surface area contributed by atoms with E-state index in [1.54, 1.807) is 0 Å². The largest absolute Gasteiger partial charge is 0.310 e. The van der Waals surface area contributed by atoms with E-state index in [0.29, 0.717) is 7.28 Å². The van der Waals surface area contributed by atoms with Crippen molar-refractivity contribution in [1.82, 2.24) is 4.57 Å². The van der Waals surface area contributed by atoms with Crippen LogP contribution in [0.15, 0.2) is 224 Å². The van der Waals surface area contributed by atoms with Crippen molar-refractivity contribution >= 4 is 84.7 Å². The van der Waals surface area contributed by atoms with Crippen molar-refractivity contribution in [3.8, 4) is 83.6 Å². The summed E-state index contributed by atoms with van der Waals surface area (Å²) in [6.07, 6.45) is 0. The van der Waals surface area contributed by atoms with Crippen molar-refractivity contribution in [2.75, 3.05) is 0 Å². The summed E-state index contributed by atoms with van der Waals surface area (Å²) in [6.45, 7) is 29.8. The topological polar surface area (TPSA) is 4.93 Å². The summed E-state index contributed by atoms with van der Waals surface area (Å²) in [5, 5.41) is 7.81. The van der Waals surface area contributed by atoms with E-state index in [9.17, 15) is 0 Å². The van der Waals surface area contributed by atoms with Crippen LogP contribution >= 0.6 is 0 Å². The first-order chi connectivity index (χ1) is 45.5. The Labute approximate surface area is 556 Å². The predicted molar refractivity (Wildman–Crippen MR) is 411 cm³/mol. The Morgan fingerprint density at radius 2 is 0.649 bits per heavy atom. The second kappa shape index (κ2) is 22.5. The summed E-state index contributed by atoms with van der Waals surface area (Å²) in [5.41, 5.74) is 44.9. The molecule has 0 N–H and O–H groups in total. The van der Waals surface area contributed by atoms with Crippen LogP contribution in [-0.2, 0) is 0 Å². The van der Waals surface area contributed by atoms with Gasteiger partial charge in [-0.15, -0.1) is 0 Å². The molecule has 94 heavy (non-hydrogen) atoms. The van der Waals surface area contributed by atoms with E-state index in [-0.39, 0.29) is 6.71 Å². The number of benzene rings is 14. The minimum atomic E-state index is -0.274. The Balaban J connectivity index is 1.17. The zero-order chi connectivity index (χ0) is 64.7. The van der Waals surface area contributed by atoms with Crippen LogP contribution < -0.4 is 27.3 Å². The maximum Gasteiger partial charge on any atom is 0.248 e. The zero-order valence-corrected chi connectivity index (χ0v) is 56.6. The van der Waals surface area contributed by atoms with E-state index in [2.05, 4.69) is 319 Å². The van der Waals surface area contributed by atoms with E-state index in [1.807, 2.05) is 0 Å². The van der Waals surface area contributed by atoms with Gasteiger partial charge in [0.25, 0.3) is 0 Å². The van der Waals surface area contributed by atoms with Crippen LogP contribution in [0, 0.1) is 90.0 Å². The van der Waals surface area contributed by atoms with E-state index < -0.39 is 0 Å². The molecular weight excluding hydrogens is 1130 g/mol. The van der Waals surface area contributed by atoms with Gasteiger partial charge in [-0.25, -0.2) is 0 Å². The van der Waals surface area contributed by atoms with Crippen molar-refractivity contribution in [1.29, 1.82) is 0 Å². The molecule has 1 aliphatic rings. The third kappa shape index (κ3) is 9.21. The molecule has 0 aliphatic carbocycles. The van der Waals surface area contributed by atoms with Crippen molar-refractivity contribution in [2.45, 2.75) is 90.0 Å². The van der Waals surface area contributed by atoms with Crippen LogP contribution in [0.5, 0.6) is 0 Å². The molecule has 3 heteroatoms. The van der Waals surface area contributed by atoms with Gasteiger partial charge in [-0.1, -0.05) is 257 Å². The summed E-state index contributed by atoms with van der Waals surface area (Å²) in [4.78, 5) is 0. The standard InChI is InChI=1S/C91H77B2N/c1-51-39-55(5)79(56(6)40-51)70-35-25-36-71(80-57(7)41-52(2)42-58(80)8)87(70)92-76-48-67(64-27-17-14-18-28-64)49-77-90(76)94-89-63(13)47-74(65-29-19-15-20-30-65)83-68-33-23-24-34-69(68)84-75(66-31-21-16-22-32-66)50-78(91(94)86(84)85(83)89)93(77)88-72(81-59(9)43-53(3)44-60(81)10)37-26-38-73(88)82-61(11)45-54(4)46-62(82)12/h14-50,92H,1-13H3. The highest BCUT2D eigenvalue weighted by Crippen LogP contribution is 2.51. The lowest BCUT2D eigenvalue weighted by atomic mass is 9.33. The van der Waals surface area contributed by atoms with Gasteiger partial charge in [0.1, 0.15) is 0 Å². The summed E-state index contributed by atoms with van der Waals surface area (Å²) < 4.78 is 2.83. The monoisotopic (exact) mass is 1210 g/mol. The Hall–Kier alpha value is -10.2. The SMILES string of the molecule is Cc1cc(C)c(-c2cccc(-c3c(C)cc(C)cc3C)c2Bc2cc(-c3ccccc3)cc3c2-n2c4c(C)cc(-c5ccccc5)c5c6ccccc6c6c(-c7ccccc7)cc(c2c6c54)B3c2c(-c3c(C)cc(C)cc3C)cccc2-c2c(C)cc(C)cc2C)c(C)c1. The normalized spacial score (nSPS) is 12.1. The molecule has 452 valence electrons. The molecule has 0 saturated heterocycles. The summed E-state index contributed by atoms with van der Waals surface area (Å²) in [7, 11) is 0.668. The lowest BCUT2D eigenvalue weighted by molar-refractivity contribution is 1.19. The van der Waals surface area contributed by atoms with Gasteiger partial charge in [0.2, 0.25) is 6.71 Å². The fraction of sp³-hybridized carbons (Fsp3) is 0.143. The maximum absolute atomic E-state index is 2.83. The van der Waals surface area contributed by atoms with E-state index in [1.165, 1.54) is 227 Å². The van der Waals surface area contributed by atoms with Crippen molar-refractivity contribution in [3.63, 3.8) is 0 Å². The van der Waals surface area contributed by atoms with Gasteiger partial charge in [-0.05, 0) is 246 Å². The van der Waals surface area contributed by atoms with Gasteiger partial charge in [0.15, 0.2) is 7.28 Å². The molecule has 1 aliphatic heterocycles. The maximum atomic E-state index is 2.83. The number of fused-ring (bicyclic) bond motifs is 6. The molecular formula is C91H77B2N. The van der Waals surface area contributed by atoms with Gasteiger partial charge in [0.05, 0.1) is 11.0 Å². The van der Waals surface area contributed by atoms with Crippen LogP contribution in [0.25, 0.3) is 127 Å². The smallest absolute Gasteiger partial charge is 0.248 e. The molecule has 0 amide bonds. The first kappa shape index (κ1) is 58.8. The molecule has 0 spiro atoms. The second-order valence-corrected chi connectivity index (χ2v) is 27.8. The minimum absolute atomic E-state index is 0.274. The van der Waals surface area contributed by atoms with Crippen molar-refractivity contribution < 1.29 is 0 Å². The van der Waals surface area contributed by atoms with Gasteiger partial charge < -0.3 is 4.57 Å². The van der Waals surface area contributed by atoms with Crippen LogP contribution in [0.3, 0.4) is 0 Å². The predicted octanol–water partition coefficient (Wildman–Crippen LogP) is 20.4. The van der Waals surface area contributed by atoms with Gasteiger partial charge in [-0.2, -0.15) is 0 Å². The van der Waals surface area contributed by atoms with Crippen LogP contribution in [-0.4, -0.2) is 18.6 Å². The van der Waals surface area contributed by atoms with Gasteiger partial charge >= 0.3 is 0 Å². The fourth-order valence-corrected chi connectivity index (χ4v) is 18.0. The van der Waals surface area contributed by atoms with Crippen molar-refractivity contribution in [3.05, 3.63) is 297 Å². The molecule has 1 nitrogen and oxygen atoms in total. The number of aryl methyl sites for hydroxylation is 13. The fourth-order valence-electron chi connectivity index (χ4n) is 18.0. The Morgan fingerprint density at radius 1 is 0.277 bits per heavy atom. The third-order valence-corrected chi connectivity index (χ3v) is 21.0. The summed E-state index contributed by atoms with van der Waals surface area (Å²) in [5.74, 6) is 0. The van der Waals surface area contributed by atoms with E-state index in [4.69, 9.17) is 0 Å². The molecule has 0 fully saturated rings. The highest BCUT2D eigenvalue weighted by molar-refractivity contribution is 7.00. The quantitative estimate of drug-likeness (QED) is 0.0950. The molecule has 0 bridgehead atoms. The van der Waals surface area contributed by atoms with Gasteiger partial charge in [0, 0.05) is 27.2 Å². The summed E-state index contributed by atoms with van der Waals surface area (Å²) in [6, 6.07) is 87.2. The second-order valence-electron chi connectivity index (χ2n) is 27.8. The van der Waals surface area contributed by atoms with Crippen LogP contribution in [0.1, 0.15) is 72.3 Å². The average molecular weight is 1210 g/mol. The molecule has 2 heterocycles. The first-order valence-electron chi connectivity index (χ1n) is 33.7. The van der Waals surface area contributed by atoms with Gasteiger partial charge in [-0.3, -0.25) is 0 Å². The molecule has 0 atom stereocenters. The number of hydrogen-bond acceptors (Lipinski definition) is 0. The Kier molecular flexibility index (Phi) is 14.1. The third-order valence-electron chi connectivity index (χ3n) is 21.0. The van der Waals surface area contributed by atoms with Crippen LogP contribution in [0.2, 0.25) is 0 Å². The van der Waals surface area contributed by atoms with E-state index in [0.717, 1.165) is 0 Å². The molecule has 14 aromatic carbocycles. The highest BCUT2D eigenvalue weighted by atomic mass is 15.0. The Morgan fingerprint density at radius 3 is 1.09 bits per heavy atom. The Bertz CT molecular complexity index is 5400. The van der Waals surface area contributed by atoms with Crippen LogP contribution in [0.4, 0.5) is 0 Å². The highest BCUT2D eigenvalue weighted by Gasteiger charge is 2.42. The number of hydrogen-bond donors (Lipinski definition) is 0. The lowest BCUT2D eigenvalue weighted by Crippen LogP contribution is -2.59. The van der Waals surface area contributed by atoms with E-state index >= 15 is 0 Å². The first-order valence-corrected chi connectivity index (χ1v) is 33.7. The zero-order valence-electron chi connectivity index (χ0n) is 56.6. The van der Waals surface area contributed by atoms with Crippen molar-refractivity contribution in [2.24, 2.45) is 0 Å². The molecule has 16 rings (SSSR count). The summed E-state index contributed by atoms with van der Waals surface area (Å²) >= 11 is 0. The molecule has 0 saturated carbocycles. The number of aromatic nitrogens is 1. The molecule has 15 aromatic rings. The molecule has 0 unspecified atom stereocenters. The molecule has 1 aromatic heterocycles. The number of nitrogens with zero attached hydrogens (tertiary/aromatic N) is 1. The number of rotatable bonds is 10. The average Bonchev–Trinajstić information content (AvgIpc) is 1.48.